The lowest BCUT2D eigenvalue weighted by molar-refractivity contribution is -0.159. The monoisotopic (exact) mass is 611 g/mol. The highest BCUT2D eigenvalue weighted by molar-refractivity contribution is 7.25. The van der Waals surface area contributed by atoms with Crippen LogP contribution in [0.5, 0.6) is 0 Å². The van der Waals surface area contributed by atoms with E-state index in [2.05, 4.69) is 5.32 Å². The smallest absolute Gasteiger partial charge is 0.330 e. The summed E-state index contributed by atoms with van der Waals surface area (Å²) in [5.41, 5.74) is -0.635. The zero-order chi connectivity index (χ0) is 31.4. The van der Waals surface area contributed by atoms with Crippen molar-refractivity contribution in [1.29, 1.82) is 0 Å². The molecule has 1 heterocycles. The van der Waals surface area contributed by atoms with E-state index in [0.29, 0.717) is 50.8 Å². The standard InChI is InChI=1S/C33H46N3O6P/c1-24(2)29(43-42)33(3,32(40)41)36(28(37)20-12-16-25-14-6-4-7-15-25)23-11-10-21-34-30(38)27-19-13-22-35(27)31(39)26-17-8-5-9-18-26/h4-9,14-15,17-18,24,27,29H,10-13,16,19-23,43H2,1-3H3,(H,34,38)(H,40,41)/t27-,29?,33-/m0/s1. The van der Waals surface area contributed by atoms with Crippen LogP contribution in [0, 0.1) is 5.92 Å². The molecule has 0 aliphatic carbocycles. The third-order valence-corrected chi connectivity index (χ3v) is 10.2. The first-order chi connectivity index (χ1) is 20.6. The van der Waals surface area contributed by atoms with Crippen LogP contribution in [0.15, 0.2) is 60.7 Å². The molecule has 9 nitrogen and oxygen atoms in total. The van der Waals surface area contributed by atoms with E-state index in [1.807, 2.05) is 50.2 Å². The van der Waals surface area contributed by atoms with Crippen LogP contribution in [0.25, 0.3) is 0 Å². The van der Waals surface area contributed by atoms with E-state index in [4.69, 9.17) is 0 Å². The lowest BCUT2D eigenvalue weighted by Crippen LogP contribution is -2.62. The Morgan fingerprint density at radius 1 is 1.02 bits per heavy atom. The van der Waals surface area contributed by atoms with Gasteiger partial charge < -0.3 is 24.8 Å². The Bertz CT molecular complexity index is 1240. The summed E-state index contributed by atoms with van der Waals surface area (Å²) in [4.78, 5) is 55.2. The van der Waals surface area contributed by atoms with E-state index >= 15 is 0 Å². The van der Waals surface area contributed by atoms with Crippen molar-refractivity contribution in [3.8, 4) is 0 Å². The highest BCUT2D eigenvalue weighted by atomic mass is 31.1. The van der Waals surface area contributed by atoms with Crippen LogP contribution in [-0.4, -0.2) is 75.5 Å². The lowest BCUT2D eigenvalue weighted by atomic mass is 9.87. The van der Waals surface area contributed by atoms with E-state index in [-0.39, 0.29) is 36.6 Å². The number of nitrogens with one attached hydrogen (secondary N) is 1. The molecule has 0 spiro atoms. The number of aliphatic carboxylic acids is 1. The number of likely N-dealkylation sites (tertiary alicyclic amines) is 1. The zero-order valence-corrected chi connectivity index (χ0v) is 26.7. The maximum absolute atomic E-state index is 13.6. The molecular weight excluding hydrogens is 565 g/mol. The molecule has 2 N–H and O–H groups in total. The van der Waals surface area contributed by atoms with E-state index in [1.165, 1.54) is 11.8 Å². The number of carbonyl (C=O) groups excluding carboxylic acids is 3. The molecule has 1 fully saturated rings. The molecule has 4 atom stereocenters. The van der Waals surface area contributed by atoms with Crippen LogP contribution in [-0.2, 0) is 25.4 Å². The molecule has 0 radical (unpaired) electrons. The average Bonchev–Trinajstić information content (AvgIpc) is 3.49. The van der Waals surface area contributed by atoms with E-state index in [0.717, 1.165) is 12.0 Å². The van der Waals surface area contributed by atoms with Gasteiger partial charge in [0.1, 0.15) is 11.6 Å². The second-order valence-corrected chi connectivity index (χ2v) is 12.8. The number of benzene rings is 2. The van der Waals surface area contributed by atoms with Gasteiger partial charge in [-0.15, -0.1) is 0 Å². The molecule has 43 heavy (non-hydrogen) atoms. The fourth-order valence-electron chi connectivity index (χ4n) is 5.97. The summed E-state index contributed by atoms with van der Waals surface area (Å²) in [6.45, 7) is 6.22. The van der Waals surface area contributed by atoms with Gasteiger partial charge >= 0.3 is 5.97 Å². The van der Waals surface area contributed by atoms with E-state index in [9.17, 15) is 28.8 Å². The zero-order valence-electron chi connectivity index (χ0n) is 25.5. The van der Waals surface area contributed by atoms with Crippen LogP contribution in [0.1, 0.15) is 75.2 Å². The van der Waals surface area contributed by atoms with Gasteiger partial charge in [0.15, 0.2) is 0 Å². The minimum Gasteiger partial charge on any atom is -0.479 e. The van der Waals surface area contributed by atoms with Crippen molar-refractivity contribution in [2.24, 2.45) is 5.92 Å². The molecule has 10 heteroatoms. The van der Waals surface area contributed by atoms with Crippen molar-refractivity contribution >= 4 is 32.2 Å². The number of carbonyl (C=O) groups is 4. The molecule has 2 aromatic carbocycles. The van der Waals surface area contributed by atoms with Gasteiger partial charge in [-0.05, 0) is 69.1 Å². The number of unbranched alkanes of at least 4 members (excludes halogenated alkanes) is 1. The van der Waals surface area contributed by atoms with E-state index in [1.54, 1.807) is 29.2 Å². The molecule has 1 aliphatic heterocycles. The normalized spacial score (nSPS) is 17.1. The number of nitrogens with zero attached hydrogens (tertiary/aromatic N) is 2. The molecule has 2 aromatic rings. The van der Waals surface area contributed by atoms with Gasteiger partial charge in [-0.25, -0.2) is 4.79 Å². The fourth-order valence-corrected chi connectivity index (χ4v) is 6.87. The highest BCUT2D eigenvalue weighted by Gasteiger charge is 2.49. The first-order valence-corrected chi connectivity index (χ1v) is 16.4. The third-order valence-electron chi connectivity index (χ3n) is 8.45. The minimum absolute atomic E-state index is 0.159. The van der Waals surface area contributed by atoms with Crippen LogP contribution in [0.3, 0.4) is 0 Å². The van der Waals surface area contributed by atoms with Crippen molar-refractivity contribution in [3.63, 3.8) is 0 Å². The molecule has 3 rings (SSSR count). The Morgan fingerprint density at radius 2 is 1.67 bits per heavy atom. The van der Waals surface area contributed by atoms with Crippen LogP contribution in [0.2, 0.25) is 0 Å². The number of rotatable bonds is 16. The summed E-state index contributed by atoms with van der Waals surface area (Å²) in [5, 5.41) is 13.3. The van der Waals surface area contributed by atoms with Crippen LogP contribution < -0.4 is 5.32 Å². The van der Waals surface area contributed by atoms with Gasteiger partial charge in [0.05, 0.1) is 8.46 Å². The second kappa shape index (κ2) is 16.4. The summed E-state index contributed by atoms with van der Waals surface area (Å²) in [6, 6.07) is 18.2. The minimum atomic E-state index is -1.61. The van der Waals surface area contributed by atoms with Crippen molar-refractivity contribution in [1.82, 2.24) is 15.1 Å². The maximum Gasteiger partial charge on any atom is 0.330 e. The van der Waals surface area contributed by atoms with Gasteiger partial charge in [0.25, 0.3) is 5.91 Å². The van der Waals surface area contributed by atoms with Crippen molar-refractivity contribution in [2.75, 3.05) is 19.6 Å². The molecule has 1 aliphatic rings. The number of hydrogen-bond donors (Lipinski definition) is 2. The summed E-state index contributed by atoms with van der Waals surface area (Å²) in [5.74, 6) is -2.00. The quantitative estimate of drug-likeness (QED) is 0.210. The maximum atomic E-state index is 13.6. The van der Waals surface area contributed by atoms with Gasteiger partial charge in [-0.2, -0.15) is 0 Å². The first kappa shape index (κ1) is 34.0. The molecule has 3 amide bonds. The number of hydrogen-bond acceptors (Lipinski definition) is 5. The molecule has 1 saturated heterocycles. The topological polar surface area (TPSA) is 124 Å². The highest BCUT2D eigenvalue weighted by Crippen LogP contribution is 2.35. The van der Waals surface area contributed by atoms with E-state index < -0.39 is 31.7 Å². The summed E-state index contributed by atoms with van der Waals surface area (Å²) < 4.78 is 12.3. The third kappa shape index (κ3) is 8.79. The Labute approximate surface area is 256 Å². The van der Waals surface area contributed by atoms with Crippen molar-refractivity contribution < 1.29 is 28.8 Å². The number of aryl methyl sites for hydroxylation is 1. The number of amides is 3. The van der Waals surface area contributed by atoms with Crippen molar-refractivity contribution in [3.05, 3.63) is 71.8 Å². The first-order valence-electron chi connectivity index (χ1n) is 15.3. The average molecular weight is 612 g/mol. The molecule has 0 bridgehead atoms. The Morgan fingerprint density at radius 3 is 2.28 bits per heavy atom. The second-order valence-electron chi connectivity index (χ2n) is 11.8. The van der Waals surface area contributed by atoms with Gasteiger partial charge in [0.2, 0.25) is 11.8 Å². The molecular formula is C33H46N3O6P. The number of carboxylic acid groups (broad SMARTS) is 1. The largest absolute Gasteiger partial charge is 0.479 e. The molecule has 2 unspecified atom stereocenters. The SMILES string of the molecule is CC(C)C([PH2]=O)[C@@](C)(C(=O)O)N(CCCCNC(=O)[C@@H]1CCCN1C(=O)c1ccccc1)C(=O)CCCc1ccccc1. The van der Waals surface area contributed by atoms with Gasteiger partial charge in [-0.3, -0.25) is 14.4 Å². The van der Waals surface area contributed by atoms with Crippen LogP contribution >= 0.6 is 8.46 Å². The Kier molecular flexibility index (Phi) is 13.0. The predicted octanol–water partition coefficient (Wildman–Crippen LogP) is 4.66. The van der Waals surface area contributed by atoms with Gasteiger partial charge in [-0.1, -0.05) is 62.4 Å². The fraction of sp³-hybridized carbons (Fsp3) is 0.515. The Balaban J connectivity index is 1.61. The van der Waals surface area contributed by atoms with Crippen LogP contribution in [0.4, 0.5) is 0 Å². The number of carboxylic acids is 1. The lowest BCUT2D eigenvalue weighted by Gasteiger charge is -2.43. The van der Waals surface area contributed by atoms with Crippen molar-refractivity contribution in [2.45, 2.75) is 83.0 Å². The summed E-state index contributed by atoms with van der Waals surface area (Å²) in [6.07, 6.45) is 3.78. The summed E-state index contributed by atoms with van der Waals surface area (Å²) in [7, 11) is -1.44. The molecule has 234 valence electrons. The summed E-state index contributed by atoms with van der Waals surface area (Å²) >= 11 is 0. The van der Waals surface area contributed by atoms with Gasteiger partial charge in [0, 0.05) is 37.3 Å². The Hall–Kier alpha value is -3.45. The predicted molar refractivity (Wildman–Crippen MR) is 169 cm³/mol. The molecule has 0 saturated carbocycles. The molecule has 0 aromatic heterocycles.